The zero-order valence-electron chi connectivity index (χ0n) is 26.4. The first-order valence-corrected chi connectivity index (χ1v) is 16.4. The highest BCUT2D eigenvalue weighted by Gasteiger charge is 2.40. The lowest BCUT2D eigenvalue weighted by Crippen LogP contribution is -2.54. The van der Waals surface area contributed by atoms with Crippen LogP contribution in [0.15, 0.2) is 54.6 Å². The summed E-state index contributed by atoms with van der Waals surface area (Å²) >= 11 is 0. The van der Waals surface area contributed by atoms with Crippen LogP contribution < -0.4 is 10.4 Å². The number of hydrogen-bond donors (Lipinski definition) is 0. The molecule has 0 aromatic heterocycles. The largest absolute Gasteiger partial charge is 0.466 e. The molecule has 0 saturated heterocycles. The molecule has 3 aromatic carbocycles. The Morgan fingerprint density at radius 1 is 0.775 bits per heavy atom. The Balaban J connectivity index is 2.22. The molecular formula is C36H49O3Si. The summed E-state index contributed by atoms with van der Waals surface area (Å²) < 4.78 is 12.3. The molecule has 1 radical (unpaired) electrons. The molecule has 0 bridgehead atoms. The Hall–Kier alpha value is -2.69. The molecule has 0 fully saturated rings. The third-order valence-electron chi connectivity index (χ3n) is 8.05. The van der Waals surface area contributed by atoms with E-state index >= 15 is 0 Å². The summed E-state index contributed by atoms with van der Waals surface area (Å²) in [6.07, 6.45) is 0.387. The van der Waals surface area contributed by atoms with Crippen molar-refractivity contribution in [1.29, 1.82) is 0 Å². The molecule has 0 aliphatic rings. The van der Waals surface area contributed by atoms with E-state index in [1.807, 2.05) is 13.0 Å². The minimum atomic E-state index is -1.44. The highest BCUT2D eigenvalue weighted by atomic mass is 28.3. The maximum Gasteiger partial charge on any atom is 0.305 e. The predicted octanol–water partition coefficient (Wildman–Crippen LogP) is 7.35. The first-order valence-electron chi connectivity index (χ1n) is 14.8. The van der Waals surface area contributed by atoms with E-state index in [0.29, 0.717) is 25.6 Å². The van der Waals surface area contributed by atoms with Crippen LogP contribution in [-0.2, 0) is 20.9 Å². The summed E-state index contributed by atoms with van der Waals surface area (Å²) in [5.74, 6) is 0.326. The molecule has 215 valence electrons. The molecule has 3 rings (SSSR count). The van der Waals surface area contributed by atoms with E-state index in [9.17, 15) is 4.79 Å². The number of benzene rings is 3. The van der Waals surface area contributed by atoms with Gasteiger partial charge in [0.05, 0.1) is 19.3 Å². The van der Waals surface area contributed by atoms with Crippen LogP contribution in [0, 0.1) is 53.4 Å². The Morgan fingerprint density at radius 3 is 1.68 bits per heavy atom. The van der Waals surface area contributed by atoms with E-state index in [2.05, 4.69) is 111 Å². The van der Waals surface area contributed by atoms with Crippen LogP contribution in [0.5, 0.6) is 0 Å². The van der Waals surface area contributed by atoms with Gasteiger partial charge in [0, 0.05) is 6.42 Å². The molecule has 0 unspecified atom stereocenters. The standard InChI is InChI=1S/C36H49O3Si/c1-11-38-33(37)21-32(30(10)34(23(2)3)39-22-31-15-13-12-14-16-31)40(35-26(6)17-24(4)18-27(35)7)36-28(8)19-25(5)20-29(36)9/h12-20,23,30,32,34H,11,21-22H2,1-10H3/t30-,32-,34-/m1/s1. The van der Waals surface area contributed by atoms with E-state index in [4.69, 9.17) is 9.47 Å². The molecule has 0 heterocycles. The van der Waals surface area contributed by atoms with Gasteiger partial charge in [-0.1, -0.05) is 109 Å². The number of aryl methyl sites for hydroxylation is 6. The summed E-state index contributed by atoms with van der Waals surface area (Å²) in [5.41, 5.74) is 9.08. The average Bonchev–Trinajstić information content (AvgIpc) is 2.86. The smallest absolute Gasteiger partial charge is 0.305 e. The van der Waals surface area contributed by atoms with Crippen LogP contribution in [0.3, 0.4) is 0 Å². The molecule has 40 heavy (non-hydrogen) atoms. The molecule has 0 saturated carbocycles. The zero-order chi connectivity index (χ0) is 29.6. The minimum absolute atomic E-state index is 0.00301. The first-order chi connectivity index (χ1) is 18.9. The predicted molar refractivity (Wildman–Crippen MR) is 170 cm³/mol. The number of ether oxygens (including phenoxy) is 2. The summed E-state index contributed by atoms with van der Waals surface area (Å²) in [6, 6.07) is 19.6. The summed E-state index contributed by atoms with van der Waals surface area (Å²) in [5, 5.41) is 2.86. The Morgan fingerprint density at radius 2 is 1.25 bits per heavy atom. The third kappa shape index (κ3) is 7.73. The second-order valence-corrected chi connectivity index (χ2v) is 14.5. The van der Waals surface area contributed by atoms with E-state index in [0.717, 1.165) is 0 Å². The Labute approximate surface area is 244 Å². The van der Waals surface area contributed by atoms with Gasteiger partial charge in [0.25, 0.3) is 0 Å². The highest BCUT2D eigenvalue weighted by Crippen LogP contribution is 2.35. The van der Waals surface area contributed by atoms with E-state index < -0.39 is 8.80 Å². The van der Waals surface area contributed by atoms with Gasteiger partial charge in [0.15, 0.2) is 0 Å². The third-order valence-corrected chi connectivity index (χ3v) is 12.2. The lowest BCUT2D eigenvalue weighted by Gasteiger charge is -2.39. The second-order valence-electron chi connectivity index (χ2n) is 11.9. The second kappa shape index (κ2) is 14.3. The fourth-order valence-electron chi connectivity index (χ4n) is 6.60. The van der Waals surface area contributed by atoms with Gasteiger partial charge in [0.2, 0.25) is 0 Å². The van der Waals surface area contributed by atoms with Crippen LogP contribution in [0.25, 0.3) is 0 Å². The summed E-state index contributed by atoms with van der Waals surface area (Å²) in [4.78, 5) is 13.3. The molecule has 4 heteroatoms. The molecule has 0 N–H and O–H groups in total. The van der Waals surface area contributed by atoms with Crippen molar-refractivity contribution in [3.05, 3.63) is 93.5 Å². The van der Waals surface area contributed by atoms with Gasteiger partial charge in [-0.05, 0) is 81.8 Å². The topological polar surface area (TPSA) is 35.5 Å². The number of rotatable bonds is 12. The van der Waals surface area contributed by atoms with Gasteiger partial charge in [-0.3, -0.25) is 4.79 Å². The lowest BCUT2D eigenvalue weighted by molar-refractivity contribution is -0.143. The summed E-state index contributed by atoms with van der Waals surface area (Å²) in [6.45, 7) is 23.0. The first kappa shape index (κ1) is 31.8. The number of hydrogen-bond acceptors (Lipinski definition) is 3. The van der Waals surface area contributed by atoms with Gasteiger partial charge in [-0.15, -0.1) is 0 Å². The minimum Gasteiger partial charge on any atom is -0.466 e. The van der Waals surface area contributed by atoms with Crippen molar-refractivity contribution in [2.75, 3.05) is 6.61 Å². The molecule has 0 aliphatic carbocycles. The maximum atomic E-state index is 13.3. The monoisotopic (exact) mass is 557 g/mol. The fraction of sp³-hybridized carbons (Fsp3) is 0.472. The molecule has 0 aliphatic heterocycles. The van der Waals surface area contributed by atoms with Gasteiger partial charge in [0.1, 0.15) is 8.80 Å². The molecule has 3 aromatic rings. The van der Waals surface area contributed by atoms with Crippen LogP contribution in [0.4, 0.5) is 0 Å². The molecule has 3 atom stereocenters. The fourth-order valence-corrected chi connectivity index (χ4v) is 10.7. The normalized spacial score (nSPS) is 13.9. The van der Waals surface area contributed by atoms with E-state index in [1.54, 1.807) is 0 Å². The molecule has 0 spiro atoms. The van der Waals surface area contributed by atoms with Gasteiger partial charge < -0.3 is 9.47 Å². The SMILES string of the molecule is CCOC(=O)C[C@H]([C@@H](C)[C@H](OCc1ccccc1)C(C)C)[Si](c1c(C)cc(C)cc1C)c1c(C)cc(C)cc1C. The number of carbonyl (C=O) groups is 1. The Kier molecular flexibility index (Phi) is 11.4. The van der Waals surface area contributed by atoms with Crippen molar-refractivity contribution in [3.8, 4) is 0 Å². The average molecular weight is 558 g/mol. The van der Waals surface area contributed by atoms with Crippen molar-refractivity contribution in [2.24, 2.45) is 11.8 Å². The van der Waals surface area contributed by atoms with E-state index in [-0.39, 0.29) is 23.5 Å². The molecular weight excluding hydrogens is 508 g/mol. The van der Waals surface area contributed by atoms with Crippen molar-refractivity contribution in [3.63, 3.8) is 0 Å². The number of esters is 1. The highest BCUT2D eigenvalue weighted by molar-refractivity contribution is 6.87. The van der Waals surface area contributed by atoms with Crippen LogP contribution >= 0.6 is 0 Å². The quantitative estimate of drug-likeness (QED) is 0.173. The van der Waals surface area contributed by atoms with Crippen LogP contribution in [-0.4, -0.2) is 27.5 Å². The molecule has 3 nitrogen and oxygen atoms in total. The van der Waals surface area contributed by atoms with Gasteiger partial charge in [-0.25, -0.2) is 0 Å². The summed E-state index contributed by atoms with van der Waals surface area (Å²) in [7, 11) is -1.44. The van der Waals surface area contributed by atoms with E-state index in [1.165, 1.54) is 49.3 Å². The Bertz CT molecular complexity index is 1180. The molecule has 0 amide bonds. The van der Waals surface area contributed by atoms with Crippen molar-refractivity contribution >= 4 is 25.1 Å². The van der Waals surface area contributed by atoms with Crippen LogP contribution in [0.2, 0.25) is 5.54 Å². The van der Waals surface area contributed by atoms with Crippen LogP contribution in [0.1, 0.15) is 73.1 Å². The zero-order valence-corrected chi connectivity index (χ0v) is 27.4. The maximum absolute atomic E-state index is 13.3. The van der Waals surface area contributed by atoms with Crippen molar-refractivity contribution in [2.45, 2.75) is 93.9 Å². The van der Waals surface area contributed by atoms with Gasteiger partial charge >= 0.3 is 5.97 Å². The number of carbonyl (C=O) groups excluding carboxylic acids is 1. The van der Waals surface area contributed by atoms with Crippen molar-refractivity contribution in [1.82, 2.24) is 0 Å². The lowest BCUT2D eigenvalue weighted by atomic mass is 9.90. The van der Waals surface area contributed by atoms with Gasteiger partial charge in [-0.2, -0.15) is 0 Å². The van der Waals surface area contributed by atoms with Crippen molar-refractivity contribution < 1.29 is 14.3 Å².